The van der Waals surface area contributed by atoms with Gasteiger partial charge in [0, 0.05) is 12.3 Å². The van der Waals surface area contributed by atoms with Crippen LogP contribution in [-0.2, 0) is 9.53 Å². The number of para-hydroxylation sites is 1. The lowest BCUT2D eigenvalue weighted by molar-refractivity contribution is -0.117. The van der Waals surface area contributed by atoms with Gasteiger partial charge in [0.15, 0.2) is 0 Å². The van der Waals surface area contributed by atoms with E-state index < -0.39 is 0 Å². The zero-order valence-electron chi connectivity index (χ0n) is 11.1. The molecule has 18 heavy (non-hydrogen) atoms. The molecule has 0 spiro atoms. The summed E-state index contributed by atoms with van der Waals surface area (Å²) in [6.45, 7) is 6.91. The summed E-state index contributed by atoms with van der Waals surface area (Å²) in [6, 6.07) is 7.85. The van der Waals surface area contributed by atoms with Gasteiger partial charge in [-0.2, -0.15) is 0 Å². The Kier molecular flexibility index (Phi) is 6.16. The number of carbonyl (C=O) groups is 1. The van der Waals surface area contributed by atoms with E-state index >= 15 is 0 Å². The summed E-state index contributed by atoms with van der Waals surface area (Å²) in [5.41, 5.74) is 2.00. The standard InChI is InChI=1S/C14H20ClNO2/c1-4-18-10-16(14(17)9-15)13-8-6-5-7-12(13)11(2)3/h5-8,11H,4,9-10H2,1-3H3. The third kappa shape index (κ3) is 3.72. The number of hydrogen-bond acceptors (Lipinski definition) is 2. The molecule has 100 valence electrons. The lowest BCUT2D eigenvalue weighted by atomic mass is 10.0. The van der Waals surface area contributed by atoms with Crippen LogP contribution in [-0.4, -0.2) is 25.1 Å². The highest BCUT2D eigenvalue weighted by atomic mass is 35.5. The highest BCUT2D eigenvalue weighted by Crippen LogP contribution is 2.27. The number of benzene rings is 1. The summed E-state index contributed by atoms with van der Waals surface area (Å²) in [6.07, 6.45) is 0. The molecule has 1 aromatic rings. The number of ether oxygens (including phenoxy) is 1. The van der Waals surface area contributed by atoms with Crippen LogP contribution in [0.2, 0.25) is 0 Å². The summed E-state index contributed by atoms with van der Waals surface area (Å²) in [7, 11) is 0. The summed E-state index contributed by atoms with van der Waals surface area (Å²) < 4.78 is 5.35. The topological polar surface area (TPSA) is 29.5 Å². The minimum atomic E-state index is -0.141. The molecule has 0 aliphatic heterocycles. The van der Waals surface area contributed by atoms with Crippen molar-refractivity contribution in [2.24, 2.45) is 0 Å². The molecule has 0 bridgehead atoms. The van der Waals surface area contributed by atoms with E-state index in [1.54, 1.807) is 4.90 Å². The summed E-state index contributed by atoms with van der Waals surface area (Å²) in [5, 5.41) is 0. The molecule has 0 heterocycles. The maximum atomic E-state index is 11.9. The maximum absolute atomic E-state index is 11.9. The van der Waals surface area contributed by atoms with Gasteiger partial charge in [-0.15, -0.1) is 11.6 Å². The monoisotopic (exact) mass is 269 g/mol. The molecule has 0 unspecified atom stereocenters. The SMILES string of the molecule is CCOCN(C(=O)CCl)c1ccccc1C(C)C. The fourth-order valence-electron chi connectivity index (χ4n) is 1.75. The highest BCUT2D eigenvalue weighted by Gasteiger charge is 2.18. The number of nitrogens with zero attached hydrogens (tertiary/aromatic N) is 1. The second kappa shape index (κ2) is 7.39. The van der Waals surface area contributed by atoms with Crippen molar-refractivity contribution in [3.8, 4) is 0 Å². The number of halogens is 1. The minimum Gasteiger partial charge on any atom is -0.361 e. The number of amides is 1. The fourth-order valence-corrected chi connectivity index (χ4v) is 1.90. The largest absolute Gasteiger partial charge is 0.361 e. The van der Waals surface area contributed by atoms with Gasteiger partial charge < -0.3 is 4.74 Å². The molecular weight excluding hydrogens is 250 g/mol. The van der Waals surface area contributed by atoms with E-state index in [-0.39, 0.29) is 18.5 Å². The molecule has 0 aliphatic carbocycles. The van der Waals surface area contributed by atoms with Gasteiger partial charge in [0.05, 0.1) is 0 Å². The average molecular weight is 270 g/mol. The first kappa shape index (κ1) is 15.0. The van der Waals surface area contributed by atoms with Crippen LogP contribution in [0.4, 0.5) is 5.69 Å². The number of hydrogen-bond donors (Lipinski definition) is 0. The first-order chi connectivity index (χ1) is 8.61. The molecule has 0 aliphatic rings. The van der Waals surface area contributed by atoms with E-state index in [9.17, 15) is 4.79 Å². The van der Waals surface area contributed by atoms with Gasteiger partial charge in [-0.25, -0.2) is 0 Å². The van der Waals surface area contributed by atoms with Crippen LogP contribution >= 0.6 is 11.6 Å². The van der Waals surface area contributed by atoms with E-state index in [2.05, 4.69) is 13.8 Å². The molecule has 0 aromatic heterocycles. The van der Waals surface area contributed by atoms with E-state index in [0.29, 0.717) is 12.5 Å². The zero-order valence-corrected chi connectivity index (χ0v) is 11.9. The Bertz CT molecular complexity index is 393. The van der Waals surface area contributed by atoms with Gasteiger partial charge in [-0.05, 0) is 24.5 Å². The van der Waals surface area contributed by atoms with Gasteiger partial charge >= 0.3 is 0 Å². The van der Waals surface area contributed by atoms with Gasteiger partial charge in [-0.1, -0.05) is 32.0 Å². The van der Waals surface area contributed by atoms with Crippen molar-refractivity contribution >= 4 is 23.2 Å². The molecule has 1 amide bonds. The number of carbonyl (C=O) groups excluding carboxylic acids is 1. The van der Waals surface area contributed by atoms with Crippen molar-refractivity contribution in [2.75, 3.05) is 24.1 Å². The lowest BCUT2D eigenvalue weighted by Crippen LogP contribution is -2.35. The molecule has 1 rings (SSSR count). The van der Waals surface area contributed by atoms with Gasteiger partial charge in [-0.3, -0.25) is 9.69 Å². The number of alkyl halides is 1. The Morgan fingerprint density at radius 1 is 1.39 bits per heavy atom. The molecule has 3 nitrogen and oxygen atoms in total. The highest BCUT2D eigenvalue weighted by molar-refractivity contribution is 6.29. The molecule has 0 atom stereocenters. The van der Waals surface area contributed by atoms with Crippen LogP contribution in [0.5, 0.6) is 0 Å². The van der Waals surface area contributed by atoms with Crippen molar-refractivity contribution in [1.29, 1.82) is 0 Å². The van der Waals surface area contributed by atoms with Crippen LogP contribution in [0.25, 0.3) is 0 Å². The van der Waals surface area contributed by atoms with Crippen molar-refractivity contribution in [3.63, 3.8) is 0 Å². The fraction of sp³-hybridized carbons (Fsp3) is 0.500. The van der Waals surface area contributed by atoms with Gasteiger partial charge in [0.1, 0.15) is 12.6 Å². The van der Waals surface area contributed by atoms with E-state index in [1.165, 1.54) is 0 Å². The average Bonchev–Trinajstić information content (AvgIpc) is 2.39. The quantitative estimate of drug-likeness (QED) is 0.585. The lowest BCUT2D eigenvalue weighted by Gasteiger charge is -2.25. The molecule has 0 fully saturated rings. The third-order valence-corrected chi connectivity index (χ3v) is 2.92. The predicted octanol–water partition coefficient (Wildman–Crippen LogP) is 3.38. The van der Waals surface area contributed by atoms with Crippen LogP contribution in [0.3, 0.4) is 0 Å². The second-order valence-electron chi connectivity index (χ2n) is 4.29. The Morgan fingerprint density at radius 2 is 2.06 bits per heavy atom. The summed E-state index contributed by atoms with van der Waals surface area (Å²) >= 11 is 5.66. The maximum Gasteiger partial charge on any atom is 0.243 e. The van der Waals surface area contributed by atoms with E-state index in [4.69, 9.17) is 16.3 Å². The van der Waals surface area contributed by atoms with Crippen molar-refractivity contribution in [2.45, 2.75) is 26.7 Å². The van der Waals surface area contributed by atoms with Crippen LogP contribution in [0.1, 0.15) is 32.3 Å². The normalized spacial score (nSPS) is 10.7. The van der Waals surface area contributed by atoms with E-state index in [1.807, 2.05) is 31.2 Å². The first-order valence-electron chi connectivity index (χ1n) is 6.14. The Balaban J connectivity index is 3.07. The minimum absolute atomic E-state index is 0.0422. The van der Waals surface area contributed by atoms with Crippen LogP contribution in [0.15, 0.2) is 24.3 Å². The molecule has 0 saturated heterocycles. The molecule has 0 saturated carbocycles. The van der Waals surface area contributed by atoms with Crippen molar-refractivity contribution < 1.29 is 9.53 Å². The first-order valence-corrected chi connectivity index (χ1v) is 6.68. The molecule has 0 N–H and O–H groups in total. The Hall–Kier alpha value is -1.06. The smallest absolute Gasteiger partial charge is 0.243 e. The van der Waals surface area contributed by atoms with Gasteiger partial charge in [0.25, 0.3) is 0 Å². The Morgan fingerprint density at radius 3 is 2.61 bits per heavy atom. The summed E-state index contributed by atoms with van der Waals surface area (Å²) in [4.78, 5) is 13.5. The van der Waals surface area contributed by atoms with Crippen molar-refractivity contribution in [3.05, 3.63) is 29.8 Å². The second-order valence-corrected chi connectivity index (χ2v) is 4.56. The molecule has 4 heteroatoms. The van der Waals surface area contributed by atoms with Crippen molar-refractivity contribution in [1.82, 2.24) is 0 Å². The summed E-state index contributed by atoms with van der Waals surface area (Å²) in [5.74, 6) is 0.158. The number of rotatable bonds is 6. The molecular formula is C14H20ClNO2. The van der Waals surface area contributed by atoms with E-state index in [0.717, 1.165) is 11.3 Å². The third-order valence-electron chi connectivity index (χ3n) is 2.69. The molecule has 1 aromatic carbocycles. The Labute approximate surface area is 114 Å². The predicted molar refractivity (Wildman–Crippen MR) is 75.2 cm³/mol. The van der Waals surface area contributed by atoms with Crippen LogP contribution in [0, 0.1) is 0 Å². The zero-order chi connectivity index (χ0) is 13.5. The van der Waals surface area contributed by atoms with Crippen LogP contribution < -0.4 is 4.90 Å². The van der Waals surface area contributed by atoms with Gasteiger partial charge in [0.2, 0.25) is 5.91 Å². The number of anilines is 1. The molecule has 0 radical (unpaired) electrons.